The minimum atomic E-state index is -4.07. The Labute approximate surface area is 206 Å². The molecule has 0 radical (unpaired) electrons. The van der Waals surface area contributed by atoms with Gasteiger partial charge in [-0.3, -0.25) is 13.9 Å². The maximum Gasteiger partial charge on any atom is 0.411 e. The van der Waals surface area contributed by atoms with E-state index < -0.39 is 39.9 Å². The molecule has 1 aliphatic carbocycles. The van der Waals surface area contributed by atoms with E-state index in [9.17, 15) is 18.0 Å². The van der Waals surface area contributed by atoms with Gasteiger partial charge in [-0.2, -0.15) is 8.42 Å². The number of hydrogen-bond donors (Lipinski definition) is 1. The van der Waals surface area contributed by atoms with Crippen LogP contribution in [0.5, 0.6) is 0 Å². The fourth-order valence-electron chi connectivity index (χ4n) is 4.45. The van der Waals surface area contributed by atoms with Gasteiger partial charge in [0, 0.05) is 12.1 Å². The number of ether oxygens (including phenoxy) is 1. The molecule has 35 heavy (non-hydrogen) atoms. The quantitative estimate of drug-likeness (QED) is 0.617. The topological polar surface area (TPSA) is 102 Å². The van der Waals surface area contributed by atoms with Gasteiger partial charge in [0.2, 0.25) is 5.91 Å². The fourth-order valence-corrected chi connectivity index (χ4v) is 5.53. The number of amides is 2. The molecule has 2 atom stereocenters. The van der Waals surface area contributed by atoms with Crippen molar-refractivity contribution in [3.63, 3.8) is 0 Å². The maximum atomic E-state index is 13.2. The Morgan fingerprint density at radius 3 is 2.40 bits per heavy atom. The van der Waals surface area contributed by atoms with Crippen LogP contribution in [0.25, 0.3) is 0 Å². The fraction of sp³-hybridized carbons (Fsp3) is 0.462. The highest BCUT2D eigenvalue weighted by atomic mass is 32.2. The SMILES string of the molecule is Cc1ccc(S(=O)(=O)O[C@H]2C[C@@H](C(=O)Nc3ccc4c(c3)CCC4)N(C(=O)OC(C)(C)C)C2)cc1. The Morgan fingerprint density at radius 1 is 1.03 bits per heavy atom. The van der Waals surface area contributed by atoms with Crippen molar-refractivity contribution >= 4 is 27.8 Å². The predicted molar refractivity (Wildman–Crippen MR) is 132 cm³/mol. The Hall–Kier alpha value is -2.91. The molecular formula is C26H32N2O6S. The summed E-state index contributed by atoms with van der Waals surface area (Å²) in [6.07, 6.45) is 1.55. The molecular weight excluding hydrogens is 468 g/mol. The van der Waals surface area contributed by atoms with Gasteiger partial charge >= 0.3 is 6.09 Å². The van der Waals surface area contributed by atoms with Crippen LogP contribution in [0.1, 0.15) is 50.3 Å². The van der Waals surface area contributed by atoms with E-state index in [-0.39, 0.29) is 17.9 Å². The van der Waals surface area contributed by atoms with Crippen LogP contribution in [-0.4, -0.2) is 49.6 Å². The van der Waals surface area contributed by atoms with E-state index in [0.29, 0.717) is 5.69 Å². The summed E-state index contributed by atoms with van der Waals surface area (Å²) in [4.78, 5) is 27.4. The monoisotopic (exact) mass is 500 g/mol. The van der Waals surface area contributed by atoms with Crippen molar-refractivity contribution < 1.29 is 26.9 Å². The molecule has 0 saturated carbocycles. The zero-order chi connectivity index (χ0) is 25.4. The van der Waals surface area contributed by atoms with Gasteiger partial charge in [-0.15, -0.1) is 0 Å². The molecule has 2 aliphatic rings. The summed E-state index contributed by atoms with van der Waals surface area (Å²) in [5.41, 5.74) is 3.30. The summed E-state index contributed by atoms with van der Waals surface area (Å²) in [7, 11) is -4.07. The van der Waals surface area contributed by atoms with E-state index in [1.165, 1.54) is 28.2 Å². The van der Waals surface area contributed by atoms with Gasteiger partial charge in [0.1, 0.15) is 11.6 Å². The van der Waals surface area contributed by atoms with E-state index in [1.54, 1.807) is 32.9 Å². The third-order valence-corrected chi connectivity index (χ3v) is 7.51. The zero-order valence-electron chi connectivity index (χ0n) is 20.5. The predicted octanol–water partition coefficient (Wildman–Crippen LogP) is 4.21. The van der Waals surface area contributed by atoms with E-state index in [1.807, 2.05) is 25.1 Å². The van der Waals surface area contributed by atoms with Crippen LogP contribution in [0.2, 0.25) is 0 Å². The van der Waals surface area contributed by atoms with Crippen molar-refractivity contribution in [3.05, 3.63) is 59.2 Å². The Morgan fingerprint density at radius 2 is 1.71 bits per heavy atom. The van der Waals surface area contributed by atoms with Gasteiger partial charge in [0.25, 0.3) is 10.1 Å². The third kappa shape index (κ3) is 6.02. The molecule has 8 nitrogen and oxygen atoms in total. The highest BCUT2D eigenvalue weighted by Gasteiger charge is 2.44. The number of nitrogens with zero attached hydrogens (tertiary/aromatic N) is 1. The number of nitrogens with one attached hydrogen (secondary N) is 1. The number of benzene rings is 2. The number of hydrogen-bond acceptors (Lipinski definition) is 6. The molecule has 2 amide bonds. The number of rotatable bonds is 5. The van der Waals surface area contributed by atoms with Crippen LogP contribution in [0.4, 0.5) is 10.5 Å². The van der Waals surface area contributed by atoms with Crippen molar-refractivity contribution in [1.29, 1.82) is 0 Å². The molecule has 1 heterocycles. The lowest BCUT2D eigenvalue weighted by molar-refractivity contribution is -0.120. The molecule has 0 aromatic heterocycles. The Bertz CT molecular complexity index is 1220. The van der Waals surface area contributed by atoms with Crippen molar-refractivity contribution in [2.24, 2.45) is 0 Å². The van der Waals surface area contributed by atoms with Crippen LogP contribution in [0.3, 0.4) is 0 Å². The molecule has 2 aromatic carbocycles. The normalized spacial score (nSPS) is 19.9. The summed E-state index contributed by atoms with van der Waals surface area (Å²) in [5.74, 6) is -0.410. The summed E-state index contributed by atoms with van der Waals surface area (Å²) >= 11 is 0. The van der Waals surface area contributed by atoms with Crippen LogP contribution in [0, 0.1) is 6.92 Å². The van der Waals surface area contributed by atoms with Crippen molar-refractivity contribution in [2.75, 3.05) is 11.9 Å². The first-order chi connectivity index (χ1) is 16.4. The number of fused-ring (bicyclic) bond motifs is 1. The molecule has 1 aliphatic heterocycles. The van der Waals surface area contributed by atoms with Crippen molar-refractivity contribution in [1.82, 2.24) is 4.90 Å². The molecule has 1 fully saturated rings. The number of carbonyl (C=O) groups excluding carboxylic acids is 2. The highest BCUT2D eigenvalue weighted by Crippen LogP contribution is 2.29. The second kappa shape index (κ2) is 9.62. The van der Waals surface area contributed by atoms with Crippen molar-refractivity contribution in [3.8, 4) is 0 Å². The van der Waals surface area contributed by atoms with E-state index in [2.05, 4.69) is 5.32 Å². The van der Waals surface area contributed by atoms with Gasteiger partial charge in [-0.25, -0.2) is 4.79 Å². The van der Waals surface area contributed by atoms with Crippen LogP contribution in [-0.2, 0) is 36.7 Å². The molecule has 1 saturated heterocycles. The molecule has 9 heteroatoms. The lowest BCUT2D eigenvalue weighted by Gasteiger charge is -2.27. The Balaban J connectivity index is 1.52. The number of anilines is 1. The van der Waals surface area contributed by atoms with Gasteiger partial charge in [0.15, 0.2) is 0 Å². The third-order valence-electron chi connectivity index (χ3n) is 6.13. The zero-order valence-corrected chi connectivity index (χ0v) is 21.4. The van der Waals surface area contributed by atoms with Crippen LogP contribution < -0.4 is 5.32 Å². The number of aryl methyl sites for hydroxylation is 3. The van der Waals surface area contributed by atoms with Gasteiger partial charge in [-0.05, 0) is 82.3 Å². The van der Waals surface area contributed by atoms with Gasteiger partial charge in [-0.1, -0.05) is 23.8 Å². The molecule has 188 valence electrons. The van der Waals surface area contributed by atoms with E-state index in [0.717, 1.165) is 24.8 Å². The molecule has 4 rings (SSSR count). The minimum absolute atomic E-state index is 0.0259. The Kier molecular flexibility index (Phi) is 6.92. The molecule has 0 bridgehead atoms. The van der Waals surface area contributed by atoms with Gasteiger partial charge < -0.3 is 10.1 Å². The first-order valence-electron chi connectivity index (χ1n) is 11.8. The van der Waals surface area contributed by atoms with Gasteiger partial charge in [0.05, 0.1) is 17.5 Å². The summed E-state index contributed by atoms with van der Waals surface area (Å²) in [6, 6.07) is 11.2. The van der Waals surface area contributed by atoms with Crippen LogP contribution >= 0.6 is 0 Å². The summed E-state index contributed by atoms with van der Waals surface area (Å²) < 4.78 is 36.6. The summed E-state index contributed by atoms with van der Waals surface area (Å²) in [5, 5.41) is 2.89. The number of carbonyl (C=O) groups is 2. The number of likely N-dealkylation sites (tertiary alicyclic amines) is 1. The van der Waals surface area contributed by atoms with E-state index in [4.69, 9.17) is 8.92 Å². The average molecular weight is 501 g/mol. The lowest BCUT2D eigenvalue weighted by Crippen LogP contribution is -2.45. The van der Waals surface area contributed by atoms with Crippen molar-refractivity contribution in [2.45, 2.75) is 76.0 Å². The second-order valence-corrected chi connectivity index (χ2v) is 11.8. The first kappa shape index (κ1) is 25.2. The minimum Gasteiger partial charge on any atom is -0.444 e. The maximum absolute atomic E-state index is 13.2. The standard InChI is InChI=1S/C26H32N2O6S/c1-17-8-12-22(13-9-17)35(31,32)34-21-15-23(28(16-21)25(30)33-26(2,3)4)24(29)27-20-11-10-18-6-5-7-19(18)14-20/h8-14,21,23H,5-7,15-16H2,1-4H3,(H,27,29)/t21-,23-/m0/s1. The molecule has 1 N–H and O–H groups in total. The average Bonchev–Trinajstić information content (AvgIpc) is 3.39. The first-order valence-corrected chi connectivity index (χ1v) is 13.2. The largest absolute Gasteiger partial charge is 0.444 e. The summed E-state index contributed by atoms with van der Waals surface area (Å²) in [6.45, 7) is 6.97. The molecule has 0 spiro atoms. The highest BCUT2D eigenvalue weighted by molar-refractivity contribution is 7.86. The molecule has 0 unspecified atom stereocenters. The lowest BCUT2D eigenvalue weighted by atomic mass is 10.1. The second-order valence-electron chi connectivity index (χ2n) is 10.2. The van der Waals surface area contributed by atoms with E-state index >= 15 is 0 Å². The smallest absolute Gasteiger partial charge is 0.411 e. The molecule has 2 aromatic rings. The van der Waals surface area contributed by atoms with Crippen LogP contribution in [0.15, 0.2) is 47.4 Å².